The zero-order valence-electron chi connectivity index (χ0n) is 9.77. The second-order valence-electron chi connectivity index (χ2n) is 4.08. The maximum Gasteiger partial charge on any atom is 0.411 e. The fraction of sp³-hybridized carbons (Fsp3) is 1.00. The molecule has 0 aliphatic rings. The largest absolute Gasteiger partial charge is 0.411 e. The normalized spacial score (nSPS) is 16.1. The Morgan fingerprint density at radius 1 is 1.06 bits per heavy atom. The fourth-order valence-corrected chi connectivity index (χ4v) is 0.858. The van der Waals surface area contributed by atoms with Crippen LogP contribution in [-0.4, -0.2) is 38.1 Å². The molecule has 6 heteroatoms. The Hall–Kier alpha value is -0.330. The minimum Gasteiger partial charge on any atom is -0.379 e. The van der Waals surface area contributed by atoms with Gasteiger partial charge in [0.2, 0.25) is 0 Å². The molecule has 1 unspecified atom stereocenters. The molecule has 98 valence electrons. The Kier molecular flexibility index (Phi) is 6.94. The van der Waals surface area contributed by atoms with Gasteiger partial charge >= 0.3 is 6.18 Å². The van der Waals surface area contributed by atoms with Crippen molar-refractivity contribution in [3.63, 3.8) is 0 Å². The molecule has 0 rings (SSSR count). The zero-order valence-corrected chi connectivity index (χ0v) is 9.77. The van der Waals surface area contributed by atoms with Gasteiger partial charge in [-0.3, -0.25) is 0 Å². The first-order valence-electron chi connectivity index (χ1n) is 5.28. The van der Waals surface area contributed by atoms with E-state index < -0.39 is 12.8 Å². The summed E-state index contributed by atoms with van der Waals surface area (Å²) in [5.41, 5.74) is 5.44. The number of hydrogen-bond acceptors (Lipinski definition) is 3. The molecule has 0 fully saturated rings. The van der Waals surface area contributed by atoms with Gasteiger partial charge in [-0.2, -0.15) is 13.2 Å². The lowest BCUT2D eigenvalue weighted by molar-refractivity contribution is -0.174. The molecule has 0 aromatic heterocycles. The predicted molar refractivity (Wildman–Crippen MR) is 55.2 cm³/mol. The molecule has 0 amide bonds. The lowest BCUT2D eigenvalue weighted by Gasteiger charge is -2.22. The third-order valence-electron chi connectivity index (χ3n) is 2.08. The topological polar surface area (TPSA) is 44.5 Å². The Labute approximate surface area is 94.1 Å². The number of halogens is 3. The number of ether oxygens (including phenoxy) is 2. The summed E-state index contributed by atoms with van der Waals surface area (Å²) in [6.07, 6.45) is -3.02. The summed E-state index contributed by atoms with van der Waals surface area (Å²) < 4.78 is 44.6. The summed E-state index contributed by atoms with van der Waals surface area (Å²) in [6, 6.07) is 0. The monoisotopic (exact) mass is 243 g/mol. The summed E-state index contributed by atoms with van der Waals surface area (Å²) >= 11 is 0. The molecule has 3 nitrogen and oxygen atoms in total. The molecule has 0 radical (unpaired) electrons. The minimum absolute atomic E-state index is 0.0485. The minimum atomic E-state index is -4.25. The van der Waals surface area contributed by atoms with Gasteiger partial charge in [0.05, 0.1) is 6.61 Å². The van der Waals surface area contributed by atoms with Gasteiger partial charge in [0.1, 0.15) is 6.61 Å². The van der Waals surface area contributed by atoms with Crippen molar-refractivity contribution in [1.29, 1.82) is 0 Å². The molecule has 0 bridgehead atoms. The Morgan fingerprint density at radius 3 is 2.00 bits per heavy atom. The van der Waals surface area contributed by atoms with Gasteiger partial charge in [-0.15, -0.1) is 0 Å². The van der Waals surface area contributed by atoms with Crippen LogP contribution in [0.25, 0.3) is 0 Å². The van der Waals surface area contributed by atoms with Crippen molar-refractivity contribution < 1.29 is 22.6 Å². The van der Waals surface area contributed by atoms with Crippen molar-refractivity contribution in [2.75, 3.05) is 26.4 Å². The van der Waals surface area contributed by atoms with Crippen LogP contribution in [-0.2, 0) is 9.47 Å². The average molecular weight is 243 g/mol. The molecule has 0 spiro atoms. The van der Waals surface area contributed by atoms with Crippen molar-refractivity contribution in [2.24, 2.45) is 5.73 Å². The third kappa shape index (κ3) is 10.2. The van der Waals surface area contributed by atoms with Gasteiger partial charge in [-0.05, 0) is 19.8 Å². The summed E-state index contributed by atoms with van der Waals surface area (Å²) in [6.45, 7) is 3.44. The highest BCUT2D eigenvalue weighted by atomic mass is 19.4. The van der Waals surface area contributed by atoms with E-state index >= 15 is 0 Å². The summed E-state index contributed by atoms with van der Waals surface area (Å²) in [5, 5.41) is 0. The van der Waals surface area contributed by atoms with Crippen molar-refractivity contribution in [1.82, 2.24) is 0 Å². The number of rotatable bonds is 8. The van der Waals surface area contributed by atoms with Gasteiger partial charge in [0.15, 0.2) is 0 Å². The third-order valence-corrected chi connectivity index (χ3v) is 2.08. The summed E-state index contributed by atoms with van der Waals surface area (Å²) in [4.78, 5) is 0. The van der Waals surface area contributed by atoms with E-state index in [0.717, 1.165) is 6.42 Å². The van der Waals surface area contributed by atoms with Crippen LogP contribution in [0, 0.1) is 0 Å². The summed E-state index contributed by atoms with van der Waals surface area (Å²) in [7, 11) is 0. The van der Waals surface area contributed by atoms with Crippen LogP contribution in [0.1, 0.15) is 26.7 Å². The highest BCUT2D eigenvalue weighted by molar-refractivity contribution is 4.75. The molecule has 0 aromatic carbocycles. The number of alkyl halides is 3. The first kappa shape index (κ1) is 15.7. The molecular formula is C10H20F3NO2. The molecule has 0 heterocycles. The molecule has 0 aliphatic carbocycles. The maximum absolute atomic E-state index is 11.7. The van der Waals surface area contributed by atoms with Crippen LogP contribution in [0.5, 0.6) is 0 Å². The Balaban J connectivity index is 3.29. The predicted octanol–water partition coefficient (Wildman–Crippen LogP) is 2.10. The summed E-state index contributed by atoms with van der Waals surface area (Å²) in [5.74, 6) is 0. The van der Waals surface area contributed by atoms with Gasteiger partial charge in [0, 0.05) is 18.8 Å². The van der Waals surface area contributed by atoms with E-state index in [0.29, 0.717) is 19.6 Å². The van der Waals surface area contributed by atoms with E-state index in [2.05, 4.69) is 4.74 Å². The van der Waals surface area contributed by atoms with Crippen molar-refractivity contribution in [2.45, 2.75) is 38.4 Å². The van der Waals surface area contributed by atoms with E-state index in [-0.39, 0.29) is 12.1 Å². The highest BCUT2D eigenvalue weighted by Crippen LogP contribution is 2.14. The van der Waals surface area contributed by atoms with Gasteiger partial charge in [-0.1, -0.05) is 6.92 Å². The lowest BCUT2D eigenvalue weighted by atomic mass is 10.0. The second kappa shape index (κ2) is 7.09. The van der Waals surface area contributed by atoms with Gasteiger partial charge in [0.25, 0.3) is 0 Å². The first-order valence-corrected chi connectivity index (χ1v) is 5.28. The van der Waals surface area contributed by atoms with E-state index in [4.69, 9.17) is 10.5 Å². The van der Waals surface area contributed by atoms with Crippen molar-refractivity contribution in [3.05, 3.63) is 0 Å². The fourth-order valence-electron chi connectivity index (χ4n) is 0.858. The van der Waals surface area contributed by atoms with E-state index in [1.165, 1.54) is 0 Å². The average Bonchev–Trinajstić information content (AvgIpc) is 2.14. The SMILES string of the molecule is CCC(C)(N)COCCCOCC(F)(F)F. The molecule has 0 aromatic rings. The molecule has 0 saturated heterocycles. The van der Waals surface area contributed by atoms with Crippen LogP contribution < -0.4 is 5.73 Å². The Bertz CT molecular complexity index is 183. The molecular weight excluding hydrogens is 223 g/mol. The van der Waals surface area contributed by atoms with Crippen LogP contribution >= 0.6 is 0 Å². The smallest absolute Gasteiger partial charge is 0.379 e. The molecule has 0 aliphatic heterocycles. The van der Waals surface area contributed by atoms with Crippen LogP contribution in [0.4, 0.5) is 13.2 Å². The van der Waals surface area contributed by atoms with Crippen molar-refractivity contribution in [3.8, 4) is 0 Å². The Morgan fingerprint density at radius 2 is 1.56 bits per heavy atom. The van der Waals surface area contributed by atoms with E-state index in [1.807, 2.05) is 13.8 Å². The standard InChI is InChI=1S/C10H20F3NO2/c1-3-9(2,14)7-15-5-4-6-16-8-10(11,12)13/h3-8,14H2,1-2H3. The lowest BCUT2D eigenvalue weighted by Crippen LogP contribution is -2.40. The van der Waals surface area contributed by atoms with Crippen LogP contribution in [0.15, 0.2) is 0 Å². The van der Waals surface area contributed by atoms with E-state index in [9.17, 15) is 13.2 Å². The van der Waals surface area contributed by atoms with Crippen molar-refractivity contribution >= 4 is 0 Å². The first-order chi connectivity index (χ1) is 7.27. The molecule has 1 atom stereocenters. The zero-order chi connectivity index (χ0) is 12.7. The van der Waals surface area contributed by atoms with Gasteiger partial charge in [-0.25, -0.2) is 0 Å². The quantitative estimate of drug-likeness (QED) is 0.664. The van der Waals surface area contributed by atoms with E-state index in [1.54, 1.807) is 0 Å². The highest BCUT2D eigenvalue weighted by Gasteiger charge is 2.27. The maximum atomic E-state index is 11.7. The molecule has 0 saturated carbocycles. The second-order valence-corrected chi connectivity index (χ2v) is 4.08. The molecule has 16 heavy (non-hydrogen) atoms. The van der Waals surface area contributed by atoms with Crippen LogP contribution in [0.2, 0.25) is 0 Å². The number of hydrogen-bond donors (Lipinski definition) is 1. The van der Waals surface area contributed by atoms with Gasteiger partial charge < -0.3 is 15.2 Å². The molecule has 2 N–H and O–H groups in total. The number of nitrogens with two attached hydrogens (primary N) is 1. The van der Waals surface area contributed by atoms with Crippen LogP contribution in [0.3, 0.4) is 0 Å².